The average Bonchev–Trinajstić information content (AvgIpc) is 2.92. The fourth-order valence-electron chi connectivity index (χ4n) is 3.93. The minimum atomic E-state index is -0.293. The third kappa shape index (κ3) is 6.93. The summed E-state index contributed by atoms with van der Waals surface area (Å²) in [6, 6.07) is 16.5. The van der Waals surface area contributed by atoms with Gasteiger partial charge >= 0.3 is 0 Å². The summed E-state index contributed by atoms with van der Waals surface area (Å²) in [6.07, 6.45) is 4.04. The molecule has 4 aromatic rings. The number of rotatable bonds is 10. The molecule has 0 bridgehead atoms. The molecule has 0 aliphatic carbocycles. The second kappa shape index (κ2) is 13.0. The highest BCUT2D eigenvalue weighted by Gasteiger charge is 2.15. The molecular weight excluding hydrogens is 628 g/mol. The lowest BCUT2D eigenvalue weighted by atomic mass is 10.2. The number of anilines is 1. The number of hydrogen-bond acceptors (Lipinski definition) is 6. The minimum Gasteiger partial charge on any atom is -0.493 e. The van der Waals surface area contributed by atoms with Gasteiger partial charge < -0.3 is 14.8 Å². The Hall–Kier alpha value is -3.50. The van der Waals surface area contributed by atoms with E-state index in [-0.39, 0.29) is 18.1 Å². The van der Waals surface area contributed by atoms with Crippen molar-refractivity contribution in [1.82, 2.24) is 9.66 Å². The monoisotopic (exact) mass is 654 g/mol. The fraction of sp³-hybridized carbons (Fsp3) is 0.241. The number of halogens is 2. The number of unbranched alkanes of at least 4 members (excludes halogenated alkanes) is 1. The molecule has 4 rings (SSSR count). The largest absolute Gasteiger partial charge is 0.493 e. The first kappa shape index (κ1) is 28.5. The number of carbonyl (C=O) groups is 1. The number of aromatic nitrogens is 2. The molecule has 1 heterocycles. The van der Waals surface area contributed by atoms with E-state index in [2.05, 4.69) is 49.2 Å². The zero-order valence-electron chi connectivity index (χ0n) is 21.8. The maximum absolute atomic E-state index is 13.3. The number of hydrogen-bond donors (Lipinski definition) is 1. The Balaban J connectivity index is 1.59. The van der Waals surface area contributed by atoms with Crippen LogP contribution in [0.5, 0.6) is 11.5 Å². The minimum absolute atomic E-state index is 0.203. The molecule has 39 heavy (non-hydrogen) atoms. The smallest absolute Gasteiger partial charge is 0.282 e. The number of carbonyl (C=O) groups excluding carboxylic acids is 1. The molecule has 1 N–H and O–H groups in total. The van der Waals surface area contributed by atoms with E-state index >= 15 is 0 Å². The van der Waals surface area contributed by atoms with Gasteiger partial charge in [0.25, 0.3) is 11.5 Å². The standard InChI is InChI=1S/C29H28Br2N4O4/c1-4-5-10-26-33-24-12-11-20(30)15-21(24)29(37)35(26)32-16-19-13-22(31)28(25(14-19)38-3)39-17-27(36)34-23-9-7-6-8-18(23)2/h6-9,11-16H,4-5,10,17H2,1-3H3,(H,34,36). The zero-order valence-corrected chi connectivity index (χ0v) is 25.0. The zero-order chi connectivity index (χ0) is 27.9. The van der Waals surface area contributed by atoms with E-state index in [4.69, 9.17) is 14.5 Å². The van der Waals surface area contributed by atoms with Crippen molar-refractivity contribution < 1.29 is 14.3 Å². The highest BCUT2D eigenvalue weighted by atomic mass is 79.9. The number of aryl methyl sites for hydroxylation is 2. The van der Waals surface area contributed by atoms with Gasteiger partial charge in [-0.15, -0.1) is 0 Å². The van der Waals surface area contributed by atoms with E-state index in [1.807, 2.05) is 43.3 Å². The van der Waals surface area contributed by atoms with Crippen LogP contribution in [0.25, 0.3) is 10.9 Å². The molecule has 0 aliphatic heterocycles. The summed E-state index contributed by atoms with van der Waals surface area (Å²) in [5.74, 6) is 1.10. The summed E-state index contributed by atoms with van der Waals surface area (Å²) in [4.78, 5) is 30.5. The third-order valence-electron chi connectivity index (χ3n) is 5.97. The van der Waals surface area contributed by atoms with Crippen LogP contribution in [0, 0.1) is 6.92 Å². The average molecular weight is 656 g/mol. The number of fused-ring (bicyclic) bond motifs is 1. The summed E-state index contributed by atoms with van der Waals surface area (Å²) in [5, 5.41) is 7.83. The molecule has 202 valence electrons. The van der Waals surface area contributed by atoms with Crippen molar-refractivity contribution in [3.05, 3.63) is 90.8 Å². The first-order chi connectivity index (χ1) is 18.8. The molecule has 0 fully saturated rings. The van der Waals surface area contributed by atoms with Gasteiger partial charge in [-0.2, -0.15) is 9.78 Å². The predicted octanol–water partition coefficient (Wildman–Crippen LogP) is 6.48. The molecule has 0 saturated carbocycles. The molecule has 0 saturated heterocycles. The van der Waals surface area contributed by atoms with Crippen molar-refractivity contribution in [3.63, 3.8) is 0 Å². The van der Waals surface area contributed by atoms with Crippen LogP contribution >= 0.6 is 31.9 Å². The van der Waals surface area contributed by atoms with Gasteiger partial charge in [-0.25, -0.2) is 4.98 Å². The highest BCUT2D eigenvalue weighted by molar-refractivity contribution is 9.10. The normalized spacial score (nSPS) is 11.2. The summed E-state index contributed by atoms with van der Waals surface area (Å²) in [5.41, 5.74) is 2.75. The van der Waals surface area contributed by atoms with Crippen LogP contribution in [0.4, 0.5) is 5.69 Å². The molecule has 3 aromatic carbocycles. The van der Waals surface area contributed by atoms with Crippen LogP contribution < -0.4 is 20.3 Å². The Morgan fingerprint density at radius 2 is 1.95 bits per heavy atom. The number of nitrogens with zero attached hydrogens (tertiary/aromatic N) is 3. The molecule has 0 aliphatic rings. The van der Waals surface area contributed by atoms with E-state index in [1.54, 1.807) is 24.4 Å². The number of benzene rings is 3. The van der Waals surface area contributed by atoms with Crippen molar-refractivity contribution in [2.75, 3.05) is 19.0 Å². The number of amides is 1. The van der Waals surface area contributed by atoms with Crippen LogP contribution in [0.3, 0.4) is 0 Å². The van der Waals surface area contributed by atoms with Crippen molar-refractivity contribution in [2.45, 2.75) is 33.1 Å². The van der Waals surface area contributed by atoms with E-state index in [0.717, 1.165) is 28.6 Å². The number of methoxy groups -OCH3 is 1. The molecule has 0 unspecified atom stereocenters. The van der Waals surface area contributed by atoms with Crippen LogP contribution in [0.1, 0.15) is 36.7 Å². The third-order valence-corrected chi connectivity index (χ3v) is 7.05. The summed E-state index contributed by atoms with van der Waals surface area (Å²) in [6.45, 7) is 3.80. The lowest BCUT2D eigenvalue weighted by molar-refractivity contribution is -0.118. The topological polar surface area (TPSA) is 94.8 Å². The van der Waals surface area contributed by atoms with Crippen molar-refractivity contribution in [2.24, 2.45) is 5.10 Å². The van der Waals surface area contributed by atoms with Gasteiger partial charge in [0.1, 0.15) is 5.82 Å². The second-order valence-electron chi connectivity index (χ2n) is 8.84. The lowest BCUT2D eigenvalue weighted by Gasteiger charge is -2.14. The van der Waals surface area contributed by atoms with E-state index < -0.39 is 0 Å². The second-order valence-corrected chi connectivity index (χ2v) is 10.6. The van der Waals surface area contributed by atoms with Gasteiger partial charge in [-0.1, -0.05) is 47.5 Å². The van der Waals surface area contributed by atoms with Crippen LogP contribution in [-0.4, -0.2) is 35.5 Å². The molecule has 0 atom stereocenters. The van der Waals surface area contributed by atoms with E-state index in [9.17, 15) is 9.59 Å². The lowest BCUT2D eigenvalue weighted by Crippen LogP contribution is -2.22. The van der Waals surface area contributed by atoms with Crippen LogP contribution in [-0.2, 0) is 11.2 Å². The molecule has 1 amide bonds. The first-order valence-electron chi connectivity index (χ1n) is 12.4. The first-order valence-corrected chi connectivity index (χ1v) is 14.0. The van der Waals surface area contributed by atoms with Crippen LogP contribution in [0.2, 0.25) is 0 Å². The fourth-order valence-corrected chi connectivity index (χ4v) is 4.86. The Morgan fingerprint density at radius 1 is 1.15 bits per heavy atom. The van der Waals surface area contributed by atoms with Gasteiger partial charge in [0.15, 0.2) is 18.1 Å². The Labute approximate surface area is 243 Å². The summed E-state index contributed by atoms with van der Waals surface area (Å²) < 4.78 is 14.0. The number of ether oxygens (including phenoxy) is 2. The van der Waals surface area contributed by atoms with Gasteiger partial charge in [0.2, 0.25) is 0 Å². The van der Waals surface area contributed by atoms with Crippen molar-refractivity contribution >= 4 is 60.6 Å². The molecule has 1 aromatic heterocycles. The summed E-state index contributed by atoms with van der Waals surface area (Å²) in [7, 11) is 1.52. The van der Waals surface area contributed by atoms with E-state index in [0.29, 0.717) is 44.7 Å². The molecule has 0 radical (unpaired) electrons. The summed E-state index contributed by atoms with van der Waals surface area (Å²) >= 11 is 6.94. The molecule has 8 nitrogen and oxygen atoms in total. The SMILES string of the molecule is CCCCc1nc2ccc(Br)cc2c(=O)n1N=Cc1cc(Br)c(OCC(=O)Nc2ccccc2C)c(OC)c1. The van der Waals surface area contributed by atoms with Gasteiger partial charge in [0.05, 0.1) is 28.7 Å². The van der Waals surface area contributed by atoms with Gasteiger partial charge in [0, 0.05) is 16.6 Å². The maximum atomic E-state index is 13.3. The molecular formula is C29H28Br2N4O4. The Morgan fingerprint density at radius 3 is 2.69 bits per heavy atom. The number of nitrogens with one attached hydrogen (secondary N) is 1. The van der Waals surface area contributed by atoms with Crippen molar-refractivity contribution in [3.8, 4) is 11.5 Å². The van der Waals surface area contributed by atoms with Gasteiger partial charge in [-0.3, -0.25) is 9.59 Å². The number of para-hydroxylation sites is 1. The van der Waals surface area contributed by atoms with Gasteiger partial charge in [-0.05, 0) is 76.8 Å². The van der Waals surface area contributed by atoms with Crippen molar-refractivity contribution in [1.29, 1.82) is 0 Å². The van der Waals surface area contributed by atoms with E-state index in [1.165, 1.54) is 11.8 Å². The van der Waals surface area contributed by atoms with Crippen LogP contribution in [0.15, 0.2) is 73.4 Å². The molecule has 0 spiro atoms. The quantitative estimate of drug-likeness (QED) is 0.197. The predicted molar refractivity (Wildman–Crippen MR) is 161 cm³/mol. The Kier molecular flexibility index (Phi) is 9.53. The maximum Gasteiger partial charge on any atom is 0.282 e. The Bertz CT molecular complexity index is 1600. The molecule has 10 heteroatoms. The highest BCUT2D eigenvalue weighted by Crippen LogP contribution is 2.36.